The van der Waals surface area contributed by atoms with Gasteiger partial charge in [0.05, 0.1) is 0 Å². The third-order valence-corrected chi connectivity index (χ3v) is 9.47. The second-order valence-corrected chi connectivity index (χ2v) is 12.0. The molecule has 9 rings (SSSR count). The molecule has 0 atom stereocenters. The van der Waals surface area contributed by atoms with Crippen molar-refractivity contribution >= 4 is 43.5 Å². The van der Waals surface area contributed by atoms with Crippen molar-refractivity contribution in [3.05, 3.63) is 145 Å². The normalized spacial score (nSPS) is 13.7. The Morgan fingerprint density at radius 2 is 0.952 bits per heavy atom. The fourth-order valence-electron chi connectivity index (χ4n) is 7.57. The lowest BCUT2D eigenvalue weighted by Crippen LogP contribution is -2.14. The zero-order valence-corrected chi connectivity index (χ0v) is 23.6. The van der Waals surface area contributed by atoms with E-state index in [1.54, 1.807) is 0 Å². The smallest absolute Gasteiger partial charge is 0.135 e. The summed E-state index contributed by atoms with van der Waals surface area (Å²) < 4.78 is 6.18. The van der Waals surface area contributed by atoms with E-state index in [0.717, 1.165) is 21.9 Å². The van der Waals surface area contributed by atoms with Gasteiger partial charge in [0.1, 0.15) is 11.2 Å². The van der Waals surface area contributed by atoms with E-state index in [2.05, 4.69) is 135 Å². The van der Waals surface area contributed by atoms with Gasteiger partial charge in [0.2, 0.25) is 0 Å². The van der Waals surface area contributed by atoms with E-state index in [1.165, 1.54) is 66.1 Å². The first kappa shape index (κ1) is 23.6. The van der Waals surface area contributed by atoms with Crippen LogP contribution in [0.25, 0.3) is 76.9 Å². The van der Waals surface area contributed by atoms with E-state index in [9.17, 15) is 0 Å². The molecule has 0 amide bonds. The second kappa shape index (κ2) is 8.44. The van der Waals surface area contributed by atoms with Crippen molar-refractivity contribution in [2.45, 2.75) is 19.3 Å². The molecule has 1 aliphatic carbocycles. The predicted octanol–water partition coefficient (Wildman–Crippen LogP) is 11.5. The van der Waals surface area contributed by atoms with Crippen LogP contribution in [0.1, 0.15) is 25.0 Å². The Balaban J connectivity index is 1.41. The average Bonchev–Trinajstić information content (AvgIpc) is 3.52. The summed E-state index contributed by atoms with van der Waals surface area (Å²) in [4.78, 5) is 0. The summed E-state index contributed by atoms with van der Waals surface area (Å²) in [6.45, 7) is 4.72. The Kier molecular flexibility index (Phi) is 4.73. The Morgan fingerprint density at radius 3 is 1.69 bits per heavy atom. The molecule has 42 heavy (non-hydrogen) atoms. The number of para-hydroxylation sites is 1. The summed E-state index contributed by atoms with van der Waals surface area (Å²) in [6, 6.07) is 48.7. The quantitative estimate of drug-likeness (QED) is 0.200. The minimum absolute atomic E-state index is 0.0454. The molecule has 1 nitrogen and oxygen atoms in total. The van der Waals surface area contributed by atoms with Crippen molar-refractivity contribution in [2.75, 3.05) is 0 Å². The van der Waals surface area contributed by atoms with Crippen LogP contribution in [-0.4, -0.2) is 0 Å². The first-order valence-corrected chi connectivity index (χ1v) is 14.7. The van der Waals surface area contributed by atoms with Gasteiger partial charge in [-0.05, 0) is 84.3 Å². The fraction of sp³-hybridized carbons (Fsp3) is 0.0732. The number of furan rings is 1. The van der Waals surface area contributed by atoms with Gasteiger partial charge in [0.15, 0.2) is 0 Å². The summed E-state index contributed by atoms with van der Waals surface area (Å²) in [5.41, 5.74) is 12.4. The molecule has 0 saturated heterocycles. The van der Waals surface area contributed by atoms with Gasteiger partial charge in [0, 0.05) is 16.2 Å². The Hall–Kier alpha value is -5.14. The average molecular weight is 537 g/mol. The third kappa shape index (κ3) is 3.08. The van der Waals surface area contributed by atoms with Crippen molar-refractivity contribution in [1.82, 2.24) is 0 Å². The van der Waals surface area contributed by atoms with E-state index in [4.69, 9.17) is 4.42 Å². The molecule has 0 saturated carbocycles. The van der Waals surface area contributed by atoms with Crippen molar-refractivity contribution in [2.24, 2.45) is 0 Å². The van der Waals surface area contributed by atoms with Crippen LogP contribution in [0.4, 0.5) is 0 Å². The van der Waals surface area contributed by atoms with Gasteiger partial charge in [0.25, 0.3) is 0 Å². The summed E-state index contributed by atoms with van der Waals surface area (Å²) in [7, 11) is 0. The highest BCUT2D eigenvalue weighted by Gasteiger charge is 2.37. The summed E-state index contributed by atoms with van der Waals surface area (Å²) in [6.07, 6.45) is 0. The second-order valence-electron chi connectivity index (χ2n) is 12.0. The Labute approximate surface area is 244 Å². The number of fused-ring (bicyclic) bond motifs is 8. The van der Waals surface area contributed by atoms with Gasteiger partial charge < -0.3 is 4.42 Å². The number of rotatable bonds is 2. The van der Waals surface area contributed by atoms with Crippen molar-refractivity contribution in [1.29, 1.82) is 0 Å². The van der Waals surface area contributed by atoms with Gasteiger partial charge in [-0.15, -0.1) is 0 Å². The zero-order valence-electron chi connectivity index (χ0n) is 23.6. The van der Waals surface area contributed by atoms with Crippen molar-refractivity contribution < 1.29 is 4.42 Å². The number of hydrogen-bond acceptors (Lipinski definition) is 1. The van der Waals surface area contributed by atoms with Crippen molar-refractivity contribution in [3.63, 3.8) is 0 Å². The molecule has 198 valence electrons. The molecule has 1 heteroatoms. The van der Waals surface area contributed by atoms with Crippen LogP contribution in [0, 0.1) is 0 Å². The Morgan fingerprint density at radius 1 is 0.405 bits per heavy atom. The molecule has 1 aliphatic rings. The van der Waals surface area contributed by atoms with Gasteiger partial charge in [-0.1, -0.05) is 129 Å². The predicted molar refractivity (Wildman–Crippen MR) is 177 cm³/mol. The van der Waals surface area contributed by atoms with Crippen LogP contribution >= 0.6 is 0 Å². The lowest BCUT2D eigenvalue weighted by Gasteiger charge is -2.22. The van der Waals surface area contributed by atoms with Gasteiger partial charge in [-0.3, -0.25) is 0 Å². The monoisotopic (exact) mass is 536 g/mol. The largest absolute Gasteiger partial charge is 0.456 e. The van der Waals surface area contributed by atoms with Gasteiger partial charge in [-0.2, -0.15) is 0 Å². The maximum absolute atomic E-state index is 6.18. The summed E-state index contributed by atoms with van der Waals surface area (Å²) in [5.74, 6) is 0. The minimum atomic E-state index is -0.0454. The van der Waals surface area contributed by atoms with E-state index >= 15 is 0 Å². The number of hydrogen-bond donors (Lipinski definition) is 0. The molecule has 1 aromatic heterocycles. The summed E-state index contributed by atoms with van der Waals surface area (Å²) in [5, 5.41) is 7.39. The topological polar surface area (TPSA) is 13.1 Å². The molecule has 7 aromatic carbocycles. The van der Waals surface area contributed by atoms with Crippen LogP contribution in [0.3, 0.4) is 0 Å². The van der Waals surface area contributed by atoms with Crippen molar-refractivity contribution in [3.8, 4) is 33.4 Å². The first-order chi connectivity index (χ1) is 20.6. The van der Waals surface area contributed by atoms with Gasteiger partial charge in [-0.25, -0.2) is 0 Å². The third-order valence-electron chi connectivity index (χ3n) is 9.47. The molecule has 0 spiro atoms. The maximum atomic E-state index is 6.18. The molecule has 0 fully saturated rings. The molecule has 8 aromatic rings. The van der Waals surface area contributed by atoms with E-state index < -0.39 is 0 Å². The Bertz CT molecular complexity index is 2330. The molecule has 0 radical (unpaired) electrons. The zero-order chi connectivity index (χ0) is 28.0. The highest BCUT2D eigenvalue weighted by Crippen LogP contribution is 2.54. The lowest BCUT2D eigenvalue weighted by molar-refractivity contribution is 0.660. The van der Waals surface area contributed by atoms with E-state index in [0.29, 0.717) is 0 Å². The highest BCUT2D eigenvalue weighted by molar-refractivity contribution is 6.23. The van der Waals surface area contributed by atoms with Crippen LogP contribution in [0.5, 0.6) is 0 Å². The molecule has 1 heterocycles. The molecular formula is C41H28O. The minimum Gasteiger partial charge on any atom is -0.456 e. The van der Waals surface area contributed by atoms with E-state index in [-0.39, 0.29) is 5.41 Å². The van der Waals surface area contributed by atoms with E-state index in [1.807, 2.05) is 12.1 Å². The molecular weight excluding hydrogens is 508 g/mol. The van der Waals surface area contributed by atoms with Gasteiger partial charge >= 0.3 is 0 Å². The summed E-state index contributed by atoms with van der Waals surface area (Å²) >= 11 is 0. The molecule has 0 unspecified atom stereocenters. The maximum Gasteiger partial charge on any atom is 0.135 e. The molecule has 0 N–H and O–H groups in total. The van der Waals surface area contributed by atoms with Crippen LogP contribution < -0.4 is 0 Å². The molecule has 0 bridgehead atoms. The fourth-order valence-corrected chi connectivity index (χ4v) is 7.57. The standard InChI is InChI=1S/C41H28O/c1-41(2)34-19-9-7-17-31(34)40-32(18-11-20-35(40)41)39-29-15-5-3-13-27(29)38(28-14-4-6-16-30(28)39)25-22-23-37-33(24-25)26-12-8-10-21-36(26)42-37/h3-24H,1-2H3. The SMILES string of the molecule is CC1(C)c2ccccc2-c2c(-c3c4ccccc4c(-c4ccc5oc6ccccc6c5c4)c4ccccc34)cccc21. The van der Waals surface area contributed by atoms with Crippen LogP contribution in [0.15, 0.2) is 138 Å². The first-order valence-electron chi connectivity index (χ1n) is 14.7. The van der Waals surface area contributed by atoms with Crippen LogP contribution in [0.2, 0.25) is 0 Å². The molecule has 0 aliphatic heterocycles. The highest BCUT2D eigenvalue weighted by atomic mass is 16.3. The lowest BCUT2D eigenvalue weighted by atomic mass is 9.80. The number of benzene rings is 7. The van der Waals surface area contributed by atoms with Crippen LogP contribution in [-0.2, 0) is 5.41 Å².